The van der Waals surface area contributed by atoms with Crippen LogP contribution in [0.15, 0.2) is 4.99 Å². The summed E-state index contributed by atoms with van der Waals surface area (Å²) < 4.78 is 4.72. The van der Waals surface area contributed by atoms with E-state index in [-0.39, 0.29) is 5.97 Å². The van der Waals surface area contributed by atoms with Crippen LogP contribution in [0, 0.1) is 5.92 Å². The predicted molar refractivity (Wildman–Crippen MR) is 63.0 cm³/mol. The Morgan fingerprint density at radius 2 is 2.19 bits per heavy atom. The van der Waals surface area contributed by atoms with Crippen molar-refractivity contribution in [3.8, 4) is 0 Å². The van der Waals surface area contributed by atoms with Crippen LogP contribution >= 0.6 is 0 Å². The summed E-state index contributed by atoms with van der Waals surface area (Å²) in [6.45, 7) is 4.09. The van der Waals surface area contributed by atoms with Crippen molar-refractivity contribution in [1.82, 2.24) is 5.32 Å². The van der Waals surface area contributed by atoms with Crippen molar-refractivity contribution in [2.24, 2.45) is 16.6 Å². The van der Waals surface area contributed by atoms with Gasteiger partial charge in [-0.2, -0.15) is 0 Å². The first kappa shape index (κ1) is 12.8. The molecule has 1 unspecified atom stereocenters. The SMILES string of the molecule is COC(=O)C(CC(C)C)NC(N)=NC1CC1. The molecule has 1 rings (SSSR count). The number of aliphatic imine (C=N–C) groups is 1. The van der Waals surface area contributed by atoms with Crippen LogP contribution in [0.4, 0.5) is 0 Å². The molecule has 0 aromatic carbocycles. The molecular weight excluding hydrogens is 206 g/mol. The highest BCUT2D eigenvalue weighted by atomic mass is 16.5. The molecule has 0 saturated heterocycles. The summed E-state index contributed by atoms with van der Waals surface area (Å²) in [4.78, 5) is 15.7. The molecular formula is C11H21N3O2. The largest absolute Gasteiger partial charge is 0.467 e. The lowest BCUT2D eigenvalue weighted by molar-refractivity contribution is -0.143. The van der Waals surface area contributed by atoms with Crippen LogP contribution in [0.3, 0.4) is 0 Å². The first-order chi connectivity index (χ1) is 7.52. The quantitative estimate of drug-likeness (QED) is 0.410. The lowest BCUT2D eigenvalue weighted by Gasteiger charge is -2.18. The summed E-state index contributed by atoms with van der Waals surface area (Å²) in [6.07, 6.45) is 2.87. The Morgan fingerprint density at radius 3 is 2.62 bits per heavy atom. The number of esters is 1. The molecule has 92 valence electrons. The maximum atomic E-state index is 11.5. The predicted octanol–water partition coefficient (Wildman–Crippen LogP) is 0.641. The van der Waals surface area contributed by atoms with Gasteiger partial charge in [-0.25, -0.2) is 4.79 Å². The molecule has 5 heteroatoms. The first-order valence-corrected chi connectivity index (χ1v) is 5.70. The normalized spacial score (nSPS) is 18.4. The van der Waals surface area contributed by atoms with E-state index in [1.807, 2.05) is 13.8 Å². The van der Waals surface area contributed by atoms with E-state index in [1.54, 1.807) is 0 Å². The maximum Gasteiger partial charge on any atom is 0.328 e. The lowest BCUT2D eigenvalue weighted by Crippen LogP contribution is -2.46. The molecule has 1 aliphatic carbocycles. The van der Waals surface area contributed by atoms with E-state index in [4.69, 9.17) is 10.5 Å². The number of rotatable bonds is 5. The van der Waals surface area contributed by atoms with Crippen molar-refractivity contribution in [3.05, 3.63) is 0 Å². The van der Waals surface area contributed by atoms with Gasteiger partial charge in [-0.05, 0) is 25.2 Å². The Morgan fingerprint density at radius 1 is 1.56 bits per heavy atom. The van der Waals surface area contributed by atoms with Crippen molar-refractivity contribution < 1.29 is 9.53 Å². The van der Waals surface area contributed by atoms with Crippen LogP contribution in [-0.4, -0.2) is 31.1 Å². The van der Waals surface area contributed by atoms with Gasteiger partial charge in [0.1, 0.15) is 6.04 Å². The lowest BCUT2D eigenvalue weighted by atomic mass is 10.0. The summed E-state index contributed by atoms with van der Waals surface area (Å²) in [5.74, 6) is 0.450. The number of hydrogen-bond donors (Lipinski definition) is 2. The van der Waals surface area contributed by atoms with Gasteiger partial charge in [-0.3, -0.25) is 4.99 Å². The number of ether oxygens (including phenoxy) is 1. The standard InChI is InChI=1S/C11H21N3O2/c1-7(2)6-9(10(15)16-3)14-11(12)13-8-4-5-8/h7-9H,4-6H2,1-3H3,(H3,12,13,14). The number of nitrogens with zero attached hydrogens (tertiary/aromatic N) is 1. The molecule has 1 saturated carbocycles. The fourth-order valence-electron chi connectivity index (χ4n) is 1.44. The molecule has 1 fully saturated rings. The number of guanidine groups is 1. The highest BCUT2D eigenvalue weighted by Crippen LogP contribution is 2.23. The van der Waals surface area contributed by atoms with Gasteiger partial charge in [0.25, 0.3) is 0 Å². The Hall–Kier alpha value is -1.26. The van der Waals surface area contributed by atoms with E-state index in [0.29, 0.717) is 24.3 Å². The highest BCUT2D eigenvalue weighted by Gasteiger charge is 2.24. The zero-order valence-corrected chi connectivity index (χ0v) is 10.2. The van der Waals surface area contributed by atoms with Gasteiger partial charge in [-0.15, -0.1) is 0 Å². The second-order valence-corrected chi connectivity index (χ2v) is 4.60. The average molecular weight is 227 g/mol. The smallest absolute Gasteiger partial charge is 0.328 e. The molecule has 5 nitrogen and oxygen atoms in total. The van der Waals surface area contributed by atoms with Gasteiger partial charge in [0, 0.05) is 0 Å². The van der Waals surface area contributed by atoms with Crippen molar-refractivity contribution in [2.75, 3.05) is 7.11 Å². The van der Waals surface area contributed by atoms with E-state index in [2.05, 4.69) is 10.3 Å². The molecule has 0 amide bonds. The highest BCUT2D eigenvalue weighted by molar-refractivity contribution is 5.85. The summed E-state index contributed by atoms with van der Waals surface area (Å²) >= 11 is 0. The zero-order valence-electron chi connectivity index (χ0n) is 10.2. The Balaban J connectivity index is 2.50. The average Bonchev–Trinajstić information content (AvgIpc) is 2.98. The molecule has 0 aliphatic heterocycles. The van der Waals surface area contributed by atoms with Crippen molar-refractivity contribution in [1.29, 1.82) is 0 Å². The molecule has 3 N–H and O–H groups in total. The first-order valence-electron chi connectivity index (χ1n) is 5.70. The third kappa shape index (κ3) is 4.51. The van der Waals surface area contributed by atoms with Gasteiger partial charge < -0.3 is 15.8 Å². The van der Waals surface area contributed by atoms with E-state index < -0.39 is 6.04 Å². The second-order valence-electron chi connectivity index (χ2n) is 4.60. The molecule has 1 atom stereocenters. The number of carbonyl (C=O) groups is 1. The third-order valence-electron chi connectivity index (χ3n) is 2.38. The summed E-state index contributed by atoms with van der Waals surface area (Å²) in [7, 11) is 1.38. The minimum atomic E-state index is -0.396. The second kappa shape index (κ2) is 5.72. The fourth-order valence-corrected chi connectivity index (χ4v) is 1.44. The molecule has 0 bridgehead atoms. The molecule has 1 aliphatic rings. The van der Waals surface area contributed by atoms with Crippen LogP contribution in [-0.2, 0) is 9.53 Å². The van der Waals surface area contributed by atoms with Gasteiger partial charge in [0.05, 0.1) is 13.2 Å². The Bertz CT molecular complexity index is 272. The summed E-state index contributed by atoms with van der Waals surface area (Å²) in [5, 5.41) is 2.92. The monoisotopic (exact) mass is 227 g/mol. The van der Waals surface area contributed by atoms with Crippen LogP contribution in [0.1, 0.15) is 33.1 Å². The van der Waals surface area contributed by atoms with E-state index >= 15 is 0 Å². The minimum absolute atomic E-state index is 0.289. The van der Waals surface area contributed by atoms with E-state index in [1.165, 1.54) is 7.11 Å². The van der Waals surface area contributed by atoms with Crippen LogP contribution < -0.4 is 11.1 Å². The van der Waals surface area contributed by atoms with Crippen molar-refractivity contribution in [2.45, 2.75) is 45.2 Å². The summed E-state index contributed by atoms with van der Waals surface area (Å²) in [6, 6.07) is -0.0441. The topological polar surface area (TPSA) is 76.7 Å². The maximum absolute atomic E-state index is 11.5. The van der Waals surface area contributed by atoms with Crippen LogP contribution in [0.25, 0.3) is 0 Å². The fraction of sp³-hybridized carbons (Fsp3) is 0.818. The molecule has 0 aromatic rings. The minimum Gasteiger partial charge on any atom is -0.467 e. The van der Waals surface area contributed by atoms with Crippen LogP contribution in [0.2, 0.25) is 0 Å². The van der Waals surface area contributed by atoms with Crippen molar-refractivity contribution >= 4 is 11.9 Å². The van der Waals surface area contributed by atoms with Crippen LogP contribution in [0.5, 0.6) is 0 Å². The zero-order chi connectivity index (χ0) is 12.1. The molecule has 0 radical (unpaired) electrons. The number of carbonyl (C=O) groups excluding carboxylic acids is 1. The number of nitrogens with one attached hydrogen (secondary N) is 1. The number of methoxy groups -OCH3 is 1. The van der Waals surface area contributed by atoms with Gasteiger partial charge in [-0.1, -0.05) is 13.8 Å². The molecule has 0 aromatic heterocycles. The number of nitrogens with two attached hydrogens (primary N) is 1. The van der Waals surface area contributed by atoms with Crippen molar-refractivity contribution in [3.63, 3.8) is 0 Å². The van der Waals surface area contributed by atoms with Gasteiger partial charge in [0.2, 0.25) is 0 Å². The molecule has 0 spiro atoms. The number of hydrogen-bond acceptors (Lipinski definition) is 3. The van der Waals surface area contributed by atoms with Gasteiger partial charge in [0.15, 0.2) is 5.96 Å². The Kier molecular flexibility index (Phi) is 4.58. The van der Waals surface area contributed by atoms with Gasteiger partial charge >= 0.3 is 5.97 Å². The summed E-state index contributed by atoms with van der Waals surface area (Å²) in [5.41, 5.74) is 5.71. The van der Waals surface area contributed by atoms with E-state index in [9.17, 15) is 4.79 Å². The third-order valence-corrected chi connectivity index (χ3v) is 2.38. The molecule has 0 heterocycles. The Labute approximate surface area is 96.4 Å². The molecule has 16 heavy (non-hydrogen) atoms. The van der Waals surface area contributed by atoms with E-state index in [0.717, 1.165) is 12.8 Å².